The lowest BCUT2D eigenvalue weighted by molar-refractivity contribution is -0.141. The van der Waals surface area contributed by atoms with Crippen LogP contribution in [-0.2, 0) is 11.2 Å². The van der Waals surface area contributed by atoms with Crippen LogP contribution in [0.3, 0.4) is 0 Å². The highest BCUT2D eigenvalue weighted by Crippen LogP contribution is 2.30. The maximum Gasteiger partial charge on any atom is 0.307 e. The van der Waals surface area contributed by atoms with Crippen LogP contribution >= 0.6 is 0 Å². The van der Waals surface area contributed by atoms with E-state index in [0.29, 0.717) is 10.9 Å². The van der Waals surface area contributed by atoms with Crippen molar-refractivity contribution in [2.75, 3.05) is 0 Å². The predicted molar refractivity (Wildman–Crippen MR) is 93.5 cm³/mol. The number of H-pyrrole nitrogens is 1. The quantitative estimate of drug-likeness (QED) is 0.432. The summed E-state index contributed by atoms with van der Waals surface area (Å²) in [4.78, 5) is 27.0. The number of phenols is 3. The van der Waals surface area contributed by atoms with Crippen LogP contribution in [0.5, 0.6) is 17.2 Å². The molecule has 0 bridgehead atoms. The molecule has 134 valence electrons. The molecule has 0 aliphatic heterocycles. The molecule has 0 saturated carbocycles. The van der Waals surface area contributed by atoms with Gasteiger partial charge in [-0.2, -0.15) is 0 Å². The molecule has 7 nitrogen and oxygen atoms in total. The Balaban J connectivity index is 1.87. The number of aromatic hydroxyl groups is 3. The molecule has 0 radical (unpaired) electrons. The molecule has 2 aromatic carbocycles. The molecule has 0 spiro atoms. The van der Waals surface area contributed by atoms with Gasteiger partial charge in [0.15, 0.2) is 5.78 Å². The molecular weight excluding hydrogens is 338 g/mol. The fourth-order valence-corrected chi connectivity index (χ4v) is 2.99. The molecule has 0 fully saturated rings. The number of carboxylic acid groups (broad SMARTS) is 1. The van der Waals surface area contributed by atoms with Gasteiger partial charge >= 0.3 is 5.97 Å². The topological polar surface area (TPSA) is 131 Å². The molecule has 1 heterocycles. The summed E-state index contributed by atoms with van der Waals surface area (Å²) in [6.45, 7) is 0. The van der Waals surface area contributed by atoms with Gasteiger partial charge in [-0.3, -0.25) is 9.59 Å². The van der Waals surface area contributed by atoms with Crippen molar-refractivity contribution in [2.45, 2.75) is 12.8 Å². The van der Waals surface area contributed by atoms with Crippen molar-refractivity contribution < 1.29 is 30.0 Å². The molecule has 1 atom stereocenters. The second-order valence-electron chi connectivity index (χ2n) is 6.08. The second kappa shape index (κ2) is 6.79. The van der Waals surface area contributed by atoms with E-state index in [0.717, 1.165) is 5.52 Å². The molecule has 0 aliphatic carbocycles. The van der Waals surface area contributed by atoms with Gasteiger partial charge < -0.3 is 25.4 Å². The van der Waals surface area contributed by atoms with Crippen molar-refractivity contribution in [2.24, 2.45) is 5.92 Å². The van der Waals surface area contributed by atoms with Crippen LogP contribution in [0.1, 0.15) is 22.3 Å². The van der Waals surface area contributed by atoms with Crippen molar-refractivity contribution in [3.63, 3.8) is 0 Å². The number of rotatable bonds is 6. The van der Waals surface area contributed by atoms with Crippen LogP contribution < -0.4 is 0 Å². The minimum absolute atomic E-state index is 0.0544. The number of fused-ring (bicyclic) bond motifs is 1. The second-order valence-corrected chi connectivity index (χ2v) is 6.08. The third-order valence-corrected chi connectivity index (χ3v) is 4.30. The normalized spacial score (nSPS) is 12.2. The third kappa shape index (κ3) is 3.32. The first-order valence-corrected chi connectivity index (χ1v) is 7.92. The Morgan fingerprint density at radius 1 is 1.04 bits per heavy atom. The third-order valence-electron chi connectivity index (χ3n) is 4.30. The van der Waals surface area contributed by atoms with Gasteiger partial charge in [-0.05, 0) is 42.3 Å². The van der Waals surface area contributed by atoms with Crippen molar-refractivity contribution in [3.8, 4) is 17.2 Å². The number of aromatic amines is 1. The van der Waals surface area contributed by atoms with Crippen molar-refractivity contribution in [1.29, 1.82) is 0 Å². The summed E-state index contributed by atoms with van der Waals surface area (Å²) in [7, 11) is 0. The minimum atomic E-state index is -1.16. The maximum atomic E-state index is 12.4. The maximum absolute atomic E-state index is 12.4. The SMILES string of the molecule is O=C(C[C@@H](Cc1c[nH]c2ccc(O)cc12)C(=O)O)c1c(O)cccc1O. The molecule has 0 aliphatic rings. The van der Waals surface area contributed by atoms with Crippen molar-refractivity contribution >= 4 is 22.7 Å². The lowest BCUT2D eigenvalue weighted by Crippen LogP contribution is -2.20. The smallest absolute Gasteiger partial charge is 0.307 e. The van der Waals surface area contributed by atoms with E-state index in [-0.39, 0.29) is 24.2 Å². The number of ketones is 1. The van der Waals surface area contributed by atoms with Gasteiger partial charge in [0.1, 0.15) is 22.8 Å². The number of carbonyl (C=O) groups is 2. The van der Waals surface area contributed by atoms with E-state index in [4.69, 9.17) is 0 Å². The zero-order chi connectivity index (χ0) is 18.8. The zero-order valence-corrected chi connectivity index (χ0v) is 13.6. The Bertz CT molecular complexity index is 971. The number of aromatic nitrogens is 1. The van der Waals surface area contributed by atoms with Gasteiger partial charge in [0, 0.05) is 23.5 Å². The predicted octanol–water partition coefficient (Wildman–Crippen LogP) is 2.80. The van der Waals surface area contributed by atoms with Gasteiger partial charge in [-0.1, -0.05) is 6.07 Å². The highest BCUT2D eigenvalue weighted by molar-refractivity contribution is 6.02. The lowest BCUT2D eigenvalue weighted by Gasteiger charge is -2.12. The average molecular weight is 355 g/mol. The Hall–Kier alpha value is -3.48. The molecule has 3 rings (SSSR count). The summed E-state index contributed by atoms with van der Waals surface area (Å²) in [5, 5.41) is 39.4. The summed E-state index contributed by atoms with van der Waals surface area (Å²) in [6.07, 6.45) is 1.31. The van der Waals surface area contributed by atoms with Crippen LogP contribution in [0.15, 0.2) is 42.6 Å². The molecule has 5 N–H and O–H groups in total. The first-order chi connectivity index (χ1) is 12.4. The summed E-state index contributed by atoms with van der Waals surface area (Å²) in [5.41, 5.74) is 1.11. The fourth-order valence-electron chi connectivity index (χ4n) is 2.99. The Morgan fingerprint density at radius 3 is 2.38 bits per heavy atom. The van der Waals surface area contributed by atoms with Gasteiger partial charge in [-0.15, -0.1) is 0 Å². The first-order valence-electron chi connectivity index (χ1n) is 7.92. The van der Waals surface area contributed by atoms with Gasteiger partial charge in [0.2, 0.25) is 0 Å². The largest absolute Gasteiger partial charge is 0.508 e. The fraction of sp³-hybridized carbons (Fsp3) is 0.158. The molecule has 7 heteroatoms. The van der Waals surface area contributed by atoms with E-state index < -0.39 is 29.2 Å². The van der Waals surface area contributed by atoms with Crippen LogP contribution in [0.25, 0.3) is 10.9 Å². The van der Waals surface area contributed by atoms with E-state index >= 15 is 0 Å². The molecular formula is C19H17NO6. The lowest BCUT2D eigenvalue weighted by atomic mass is 9.91. The molecule has 1 aromatic heterocycles. The average Bonchev–Trinajstić information content (AvgIpc) is 2.96. The van der Waals surface area contributed by atoms with Crippen LogP contribution in [-0.4, -0.2) is 37.2 Å². The summed E-state index contributed by atoms with van der Waals surface area (Å²) < 4.78 is 0. The molecule has 3 aromatic rings. The minimum Gasteiger partial charge on any atom is -0.508 e. The molecule has 0 amide bonds. The number of hydrogen-bond donors (Lipinski definition) is 5. The zero-order valence-electron chi connectivity index (χ0n) is 13.6. The number of benzene rings is 2. The van der Waals surface area contributed by atoms with E-state index in [1.807, 2.05) is 0 Å². The summed E-state index contributed by atoms with van der Waals surface area (Å²) >= 11 is 0. The molecule has 0 unspecified atom stereocenters. The molecule has 26 heavy (non-hydrogen) atoms. The van der Waals surface area contributed by atoms with Gasteiger partial charge in [-0.25, -0.2) is 0 Å². The van der Waals surface area contributed by atoms with Crippen molar-refractivity contribution in [1.82, 2.24) is 4.98 Å². The Labute approximate surface area is 148 Å². The Kier molecular flexibility index (Phi) is 4.53. The van der Waals surface area contributed by atoms with Crippen LogP contribution in [0.4, 0.5) is 0 Å². The number of phenolic OH excluding ortho intramolecular Hbond substituents is 3. The highest BCUT2D eigenvalue weighted by Gasteiger charge is 2.26. The van der Waals surface area contributed by atoms with E-state index in [2.05, 4.69) is 4.98 Å². The number of hydrogen-bond acceptors (Lipinski definition) is 5. The standard InChI is InChI=1S/C19H17NO6/c21-12-4-5-14-13(8-12)11(9-20-14)6-10(19(25)26)7-17(24)18-15(22)2-1-3-16(18)23/h1-5,8-10,20-23H,6-7H2,(H,25,26)/t10-/m1/s1. The van der Waals surface area contributed by atoms with Crippen molar-refractivity contribution in [3.05, 3.63) is 53.7 Å². The monoisotopic (exact) mass is 355 g/mol. The number of Topliss-reactive ketones (excluding diaryl/α,β-unsaturated/α-hetero) is 1. The number of carboxylic acids is 1. The molecule has 0 saturated heterocycles. The van der Waals surface area contributed by atoms with E-state index in [1.165, 1.54) is 30.3 Å². The number of aliphatic carboxylic acids is 1. The van der Waals surface area contributed by atoms with Gasteiger partial charge in [0.25, 0.3) is 0 Å². The Morgan fingerprint density at radius 2 is 1.73 bits per heavy atom. The summed E-state index contributed by atoms with van der Waals surface area (Å²) in [5.74, 6) is -3.60. The van der Waals surface area contributed by atoms with E-state index in [9.17, 15) is 30.0 Å². The summed E-state index contributed by atoms with van der Waals surface area (Å²) in [6, 6.07) is 8.61. The van der Waals surface area contributed by atoms with Crippen LogP contribution in [0, 0.1) is 5.92 Å². The first kappa shape index (κ1) is 17.3. The number of carbonyl (C=O) groups excluding carboxylic acids is 1. The van der Waals surface area contributed by atoms with Crippen LogP contribution in [0.2, 0.25) is 0 Å². The van der Waals surface area contributed by atoms with E-state index in [1.54, 1.807) is 12.3 Å². The number of nitrogens with one attached hydrogen (secondary N) is 1. The van der Waals surface area contributed by atoms with Gasteiger partial charge in [0.05, 0.1) is 5.92 Å². The highest BCUT2D eigenvalue weighted by atomic mass is 16.4.